The van der Waals surface area contributed by atoms with Crippen LogP contribution in [0, 0.1) is 0 Å². The molecule has 2 aromatic heterocycles. The molecule has 0 radical (unpaired) electrons. The SMILES string of the molecule is CCOc1cc(C=Nn2c(-c3cc4cc(Br)ccc4o3)nc3ccccc3c2=O)ccc1O[C@H](C)C(=O)OC. The molecule has 198 valence electrons. The predicted molar refractivity (Wildman–Crippen MR) is 152 cm³/mol. The summed E-state index contributed by atoms with van der Waals surface area (Å²) in [5.41, 5.74) is 1.48. The number of carbonyl (C=O) groups is 1. The van der Waals surface area contributed by atoms with Crippen LogP contribution in [0.25, 0.3) is 33.5 Å². The van der Waals surface area contributed by atoms with Gasteiger partial charge in [0.1, 0.15) is 5.58 Å². The molecule has 0 unspecified atom stereocenters. The molecule has 0 saturated heterocycles. The Balaban J connectivity index is 1.58. The number of hydrogen-bond acceptors (Lipinski definition) is 8. The minimum Gasteiger partial charge on any atom is -0.490 e. The van der Waals surface area contributed by atoms with Crippen molar-refractivity contribution in [2.45, 2.75) is 20.0 Å². The molecule has 0 aliphatic rings. The summed E-state index contributed by atoms with van der Waals surface area (Å²) in [6.45, 7) is 3.81. The normalized spacial score (nSPS) is 12.2. The average molecular weight is 590 g/mol. The fourth-order valence-electron chi connectivity index (χ4n) is 4.01. The Labute approximate surface area is 231 Å². The summed E-state index contributed by atoms with van der Waals surface area (Å²) >= 11 is 3.47. The monoisotopic (exact) mass is 589 g/mol. The van der Waals surface area contributed by atoms with E-state index < -0.39 is 12.1 Å². The lowest BCUT2D eigenvalue weighted by molar-refractivity contribution is -0.147. The number of para-hydroxylation sites is 1. The molecule has 3 aromatic carbocycles. The smallest absolute Gasteiger partial charge is 0.346 e. The second-order valence-electron chi connectivity index (χ2n) is 8.53. The minimum atomic E-state index is -0.817. The van der Waals surface area contributed by atoms with Crippen LogP contribution < -0.4 is 15.0 Å². The summed E-state index contributed by atoms with van der Waals surface area (Å²) in [4.78, 5) is 30.0. The number of halogens is 1. The first-order valence-electron chi connectivity index (χ1n) is 12.1. The Morgan fingerprint density at radius 2 is 1.95 bits per heavy atom. The van der Waals surface area contributed by atoms with Gasteiger partial charge in [-0.1, -0.05) is 28.1 Å². The molecule has 0 N–H and O–H groups in total. The Kier molecular flexibility index (Phi) is 7.47. The maximum atomic E-state index is 13.5. The number of nitrogens with zero attached hydrogens (tertiary/aromatic N) is 3. The topological polar surface area (TPSA) is 105 Å². The molecule has 39 heavy (non-hydrogen) atoms. The van der Waals surface area contributed by atoms with Gasteiger partial charge in [0.25, 0.3) is 5.56 Å². The summed E-state index contributed by atoms with van der Waals surface area (Å²) in [5.74, 6) is 0.962. The lowest BCUT2D eigenvalue weighted by Crippen LogP contribution is -2.25. The van der Waals surface area contributed by atoms with E-state index in [1.165, 1.54) is 18.0 Å². The molecule has 2 heterocycles. The molecule has 0 saturated carbocycles. The first kappa shape index (κ1) is 26.2. The zero-order valence-electron chi connectivity index (χ0n) is 21.4. The Bertz CT molecular complexity index is 1770. The summed E-state index contributed by atoms with van der Waals surface area (Å²) in [7, 11) is 1.30. The molecule has 0 amide bonds. The molecular weight excluding hydrogens is 566 g/mol. The van der Waals surface area contributed by atoms with Gasteiger partial charge in [0, 0.05) is 9.86 Å². The first-order chi connectivity index (χ1) is 18.9. The Morgan fingerprint density at radius 3 is 2.74 bits per heavy atom. The fourth-order valence-corrected chi connectivity index (χ4v) is 4.39. The molecule has 1 atom stereocenters. The number of fused-ring (bicyclic) bond motifs is 2. The Hall–Kier alpha value is -4.44. The molecule has 9 nitrogen and oxygen atoms in total. The van der Waals surface area contributed by atoms with Crippen LogP contribution in [0.3, 0.4) is 0 Å². The number of carbonyl (C=O) groups excluding carboxylic acids is 1. The standard InChI is InChI=1S/C29H24BrN3O6/c1-4-37-25-13-18(9-11-24(25)38-17(2)29(35)36-3)16-31-33-27(32-22-8-6-5-7-21(22)28(33)34)26-15-19-14-20(30)10-12-23(19)39-26/h5-17H,4H2,1-3H3/t17-/m1/s1. The third kappa shape index (κ3) is 5.42. The van der Waals surface area contributed by atoms with Crippen molar-refractivity contribution < 1.29 is 23.4 Å². The van der Waals surface area contributed by atoms with Crippen molar-refractivity contribution in [1.29, 1.82) is 0 Å². The van der Waals surface area contributed by atoms with Gasteiger partial charge in [0.15, 0.2) is 23.4 Å². The van der Waals surface area contributed by atoms with Gasteiger partial charge < -0.3 is 18.6 Å². The maximum absolute atomic E-state index is 13.5. The van der Waals surface area contributed by atoms with Crippen molar-refractivity contribution in [3.63, 3.8) is 0 Å². The van der Waals surface area contributed by atoms with Gasteiger partial charge in [-0.3, -0.25) is 4.79 Å². The van der Waals surface area contributed by atoms with Gasteiger partial charge in [0.05, 0.1) is 30.8 Å². The van der Waals surface area contributed by atoms with Crippen LogP contribution in [0.1, 0.15) is 19.4 Å². The van der Waals surface area contributed by atoms with Crippen LogP contribution in [-0.2, 0) is 9.53 Å². The van der Waals surface area contributed by atoms with E-state index in [9.17, 15) is 9.59 Å². The van der Waals surface area contributed by atoms with E-state index in [0.717, 1.165) is 9.86 Å². The molecule has 0 bridgehead atoms. The lowest BCUT2D eigenvalue weighted by Gasteiger charge is -2.16. The number of esters is 1. The molecule has 0 fully saturated rings. The highest BCUT2D eigenvalue weighted by atomic mass is 79.9. The second-order valence-corrected chi connectivity index (χ2v) is 9.44. The third-order valence-electron chi connectivity index (χ3n) is 5.88. The van der Waals surface area contributed by atoms with Gasteiger partial charge in [-0.05, 0) is 74.0 Å². The van der Waals surface area contributed by atoms with E-state index >= 15 is 0 Å². The van der Waals surface area contributed by atoms with E-state index in [-0.39, 0.29) is 11.4 Å². The van der Waals surface area contributed by atoms with E-state index in [4.69, 9.17) is 23.6 Å². The van der Waals surface area contributed by atoms with E-state index in [2.05, 4.69) is 21.0 Å². The van der Waals surface area contributed by atoms with Crippen molar-refractivity contribution in [2.75, 3.05) is 13.7 Å². The summed E-state index contributed by atoms with van der Waals surface area (Å²) in [5, 5.41) is 5.78. The molecule has 5 rings (SSSR count). The van der Waals surface area contributed by atoms with Crippen molar-refractivity contribution in [2.24, 2.45) is 5.10 Å². The highest BCUT2D eigenvalue weighted by Gasteiger charge is 2.19. The van der Waals surface area contributed by atoms with Gasteiger partial charge in [-0.15, -0.1) is 0 Å². The number of methoxy groups -OCH3 is 1. The zero-order chi connectivity index (χ0) is 27.5. The van der Waals surface area contributed by atoms with Gasteiger partial charge in [0.2, 0.25) is 5.82 Å². The second kappa shape index (κ2) is 11.1. The van der Waals surface area contributed by atoms with Crippen molar-refractivity contribution in [3.8, 4) is 23.1 Å². The van der Waals surface area contributed by atoms with Crippen molar-refractivity contribution in [1.82, 2.24) is 9.66 Å². The Morgan fingerprint density at radius 1 is 1.13 bits per heavy atom. The molecule has 10 heteroatoms. The molecule has 5 aromatic rings. The van der Waals surface area contributed by atoms with Gasteiger partial charge in [-0.25, -0.2) is 9.78 Å². The predicted octanol–water partition coefficient (Wildman–Crippen LogP) is 5.79. The lowest BCUT2D eigenvalue weighted by atomic mass is 10.2. The molecular formula is C29H24BrN3O6. The maximum Gasteiger partial charge on any atom is 0.346 e. The van der Waals surface area contributed by atoms with E-state index in [0.29, 0.717) is 45.9 Å². The largest absolute Gasteiger partial charge is 0.490 e. The number of aromatic nitrogens is 2. The van der Waals surface area contributed by atoms with Crippen molar-refractivity contribution in [3.05, 3.63) is 87.1 Å². The van der Waals surface area contributed by atoms with E-state index in [1.807, 2.05) is 37.3 Å². The fraction of sp³-hybridized carbons (Fsp3) is 0.172. The number of rotatable bonds is 8. The van der Waals surface area contributed by atoms with Crippen LogP contribution >= 0.6 is 15.9 Å². The molecule has 0 aliphatic heterocycles. The van der Waals surface area contributed by atoms with Crippen LogP contribution in [-0.4, -0.2) is 41.7 Å². The number of ether oxygens (including phenoxy) is 3. The van der Waals surface area contributed by atoms with E-state index in [1.54, 1.807) is 43.3 Å². The van der Waals surface area contributed by atoms with Crippen LogP contribution in [0.5, 0.6) is 11.5 Å². The van der Waals surface area contributed by atoms with Crippen LogP contribution in [0.15, 0.2) is 85.5 Å². The van der Waals surface area contributed by atoms with Gasteiger partial charge >= 0.3 is 5.97 Å². The average Bonchev–Trinajstić information content (AvgIpc) is 3.36. The highest BCUT2D eigenvalue weighted by Crippen LogP contribution is 2.31. The highest BCUT2D eigenvalue weighted by molar-refractivity contribution is 9.10. The summed E-state index contributed by atoms with van der Waals surface area (Å²) in [6.07, 6.45) is 0.708. The summed E-state index contributed by atoms with van der Waals surface area (Å²) < 4.78 is 24.4. The van der Waals surface area contributed by atoms with Crippen LogP contribution in [0.4, 0.5) is 0 Å². The number of benzene rings is 3. The zero-order valence-corrected chi connectivity index (χ0v) is 23.0. The summed E-state index contributed by atoms with van der Waals surface area (Å²) in [6, 6.07) is 19.7. The third-order valence-corrected chi connectivity index (χ3v) is 6.37. The first-order valence-corrected chi connectivity index (χ1v) is 12.9. The minimum absolute atomic E-state index is 0.263. The number of furan rings is 1. The molecule has 0 spiro atoms. The van der Waals surface area contributed by atoms with Gasteiger partial charge in [-0.2, -0.15) is 9.78 Å². The number of hydrogen-bond donors (Lipinski definition) is 0. The quantitative estimate of drug-likeness (QED) is 0.166. The van der Waals surface area contributed by atoms with Crippen LogP contribution in [0.2, 0.25) is 0 Å². The van der Waals surface area contributed by atoms with Crippen molar-refractivity contribution >= 4 is 50.0 Å². The molecule has 0 aliphatic carbocycles.